The molecule has 23 heavy (non-hydrogen) atoms. The summed E-state index contributed by atoms with van der Waals surface area (Å²) in [7, 11) is 1.75. The number of hydrogen-bond donors (Lipinski definition) is 1. The number of aliphatic hydroxyl groups excluding tert-OH is 1. The molecule has 1 N–H and O–H groups in total. The lowest BCUT2D eigenvalue weighted by molar-refractivity contribution is -0.133. The van der Waals surface area contributed by atoms with Crippen molar-refractivity contribution in [3.8, 4) is 0 Å². The highest BCUT2D eigenvalue weighted by Gasteiger charge is 2.41. The van der Waals surface area contributed by atoms with Gasteiger partial charge >= 0.3 is 0 Å². The van der Waals surface area contributed by atoms with Crippen LogP contribution in [0.1, 0.15) is 31.2 Å². The van der Waals surface area contributed by atoms with Gasteiger partial charge in [-0.2, -0.15) is 0 Å². The van der Waals surface area contributed by atoms with Gasteiger partial charge in [0, 0.05) is 13.1 Å². The molecule has 1 aromatic carbocycles. The maximum Gasteiger partial charge on any atom is 0.227 e. The first kappa shape index (κ1) is 16.4. The number of amides is 1. The minimum absolute atomic E-state index is 0.0679. The standard InChI is InChI=1S/C18H25FN2O2/c1-20(17(22)12-13-5-4-6-14(19)11-13)15-7-8-16(18(15)23)21-9-2-3-10-21/h4-6,11,15-16,18,23H,2-3,7-10,12H2,1H3/t15-,16-,18-/m1/s1. The molecule has 1 aliphatic heterocycles. The Labute approximate surface area is 136 Å². The molecule has 0 bridgehead atoms. The van der Waals surface area contributed by atoms with Gasteiger partial charge in [0.25, 0.3) is 0 Å². The normalized spacial score (nSPS) is 28.2. The van der Waals surface area contributed by atoms with Gasteiger partial charge in [-0.25, -0.2) is 4.39 Å². The molecule has 0 spiro atoms. The summed E-state index contributed by atoms with van der Waals surface area (Å²) < 4.78 is 13.2. The van der Waals surface area contributed by atoms with Crippen molar-refractivity contribution in [3.05, 3.63) is 35.6 Å². The number of aliphatic hydroxyl groups is 1. The molecule has 2 aliphatic rings. The van der Waals surface area contributed by atoms with Crippen molar-refractivity contribution in [3.63, 3.8) is 0 Å². The van der Waals surface area contributed by atoms with E-state index >= 15 is 0 Å². The highest BCUT2D eigenvalue weighted by molar-refractivity contribution is 5.79. The van der Waals surface area contributed by atoms with Crippen LogP contribution < -0.4 is 0 Å². The van der Waals surface area contributed by atoms with Gasteiger partial charge < -0.3 is 10.0 Å². The number of benzene rings is 1. The van der Waals surface area contributed by atoms with E-state index in [1.165, 1.54) is 25.0 Å². The predicted octanol–water partition coefficient (Wildman–Crippen LogP) is 1.81. The van der Waals surface area contributed by atoms with Crippen molar-refractivity contribution in [2.45, 2.75) is 50.3 Å². The van der Waals surface area contributed by atoms with E-state index in [-0.39, 0.29) is 30.2 Å². The van der Waals surface area contributed by atoms with E-state index in [0.717, 1.165) is 25.9 Å². The van der Waals surface area contributed by atoms with E-state index in [1.807, 2.05) is 0 Å². The maximum atomic E-state index is 13.2. The van der Waals surface area contributed by atoms with Crippen molar-refractivity contribution in [1.82, 2.24) is 9.80 Å². The van der Waals surface area contributed by atoms with Crippen molar-refractivity contribution in [2.75, 3.05) is 20.1 Å². The molecule has 1 saturated carbocycles. The van der Waals surface area contributed by atoms with Gasteiger partial charge in [-0.05, 0) is 56.5 Å². The van der Waals surface area contributed by atoms with Crippen LogP contribution >= 0.6 is 0 Å². The first-order valence-electron chi connectivity index (χ1n) is 8.48. The molecular weight excluding hydrogens is 295 g/mol. The molecule has 1 aromatic rings. The molecule has 0 aromatic heterocycles. The smallest absolute Gasteiger partial charge is 0.227 e. The topological polar surface area (TPSA) is 43.8 Å². The van der Waals surface area contributed by atoms with E-state index in [0.29, 0.717) is 5.56 Å². The van der Waals surface area contributed by atoms with Crippen LogP contribution in [0.4, 0.5) is 4.39 Å². The second-order valence-electron chi connectivity index (χ2n) is 6.76. The van der Waals surface area contributed by atoms with Crippen LogP contribution in [0.5, 0.6) is 0 Å². The molecule has 5 heteroatoms. The molecule has 126 valence electrons. The van der Waals surface area contributed by atoms with E-state index in [4.69, 9.17) is 0 Å². The molecule has 4 nitrogen and oxygen atoms in total. The third kappa shape index (κ3) is 3.56. The van der Waals surface area contributed by atoms with Crippen LogP contribution in [0.15, 0.2) is 24.3 Å². The molecule has 0 unspecified atom stereocenters. The molecule has 1 saturated heterocycles. The quantitative estimate of drug-likeness (QED) is 0.920. The summed E-state index contributed by atoms with van der Waals surface area (Å²) in [6, 6.07) is 6.18. The van der Waals surface area contributed by atoms with E-state index in [2.05, 4.69) is 4.90 Å². The van der Waals surface area contributed by atoms with Gasteiger partial charge in [0.15, 0.2) is 0 Å². The van der Waals surface area contributed by atoms with Crippen molar-refractivity contribution >= 4 is 5.91 Å². The second kappa shape index (κ2) is 6.97. The number of rotatable bonds is 4. The van der Waals surface area contributed by atoms with Crippen LogP contribution in [-0.4, -0.2) is 59.1 Å². The minimum Gasteiger partial charge on any atom is -0.389 e. The van der Waals surface area contributed by atoms with Gasteiger partial charge in [-0.1, -0.05) is 12.1 Å². The Bertz CT molecular complexity index is 560. The molecule has 0 radical (unpaired) electrons. The number of likely N-dealkylation sites (N-methyl/N-ethyl adjacent to an activating group) is 1. The summed E-state index contributed by atoms with van der Waals surface area (Å²) in [6.45, 7) is 2.10. The largest absolute Gasteiger partial charge is 0.389 e. The Morgan fingerprint density at radius 2 is 2.09 bits per heavy atom. The van der Waals surface area contributed by atoms with E-state index < -0.39 is 6.10 Å². The zero-order chi connectivity index (χ0) is 16.4. The highest BCUT2D eigenvalue weighted by atomic mass is 19.1. The lowest BCUT2D eigenvalue weighted by Gasteiger charge is -2.32. The first-order chi connectivity index (χ1) is 11.1. The molecule has 1 heterocycles. The van der Waals surface area contributed by atoms with Crippen molar-refractivity contribution in [2.24, 2.45) is 0 Å². The molecule has 1 amide bonds. The van der Waals surface area contributed by atoms with Gasteiger partial charge in [0.05, 0.1) is 18.6 Å². The van der Waals surface area contributed by atoms with E-state index in [9.17, 15) is 14.3 Å². The SMILES string of the molecule is CN(C(=O)Cc1cccc(F)c1)[C@@H]1CC[C@@H](N2CCCC2)[C@@H]1O. The van der Waals surface area contributed by atoms with Crippen LogP contribution in [0, 0.1) is 5.82 Å². The molecule has 1 aliphatic carbocycles. The summed E-state index contributed by atoms with van der Waals surface area (Å²) >= 11 is 0. The molecule has 3 atom stereocenters. The predicted molar refractivity (Wildman–Crippen MR) is 86.5 cm³/mol. The van der Waals surface area contributed by atoms with Crippen LogP contribution in [0.2, 0.25) is 0 Å². The average molecular weight is 320 g/mol. The lowest BCUT2D eigenvalue weighted by Crippen LogP contribution is -2.48. The zero-order valence-electron chi connectivity index (χ0n) is 13.6. The third-order valence-corrected chi connectivity index (χ3v) is 5.29. The van der Waals surface area contributed by atoms with Gasteiger partial charge in [0.1, 0.15) is 5.82 Å². The number of carbonyl (C=O) groups excluding carboxylic acids is 1. The molecule has 2 fully saturated rings. The van der Waals surface area contributed by atoms with Gasteiger partial charge in [0.2, 0.25) is 5.91 Å². The Balaban J connectivity index is 1.61. The number of hydrogen-bond acceptors (Lipinski definition) is 3. The van der Waals surface area contributed by atoms with Crippen LogP contribution in [-0.2, 0) is 11.2 Å². The van der Waals surface area contributed by atoms with Crippen molar-refractivity contribution in [1.29, 1.82) is 0 Å². The zero-order valence-corrected chi connectivity index (χ0v) is 13.6. The Hall–Kier alpha value is -1.46. The van der Waals surface area contributed by atoms with Gasteiger partial charge in [-0.15, -0.1) is 0 Å². The summed E-state index contributed by atoms with van der Waals surface area (Å²) in [5, 5.41) is 10.6. The number of carbonyl (C=O) groups is 1. The fourth-order valence-electron chi connectivity index (χ4n) is 3.97. The second-order valence-corrected chi connectivity index (χ2v) is 6.76. The summed E-state index contributed by atoms with van der Waals surface area (Å²) in [5.74, 6) is -0.394. The number of nitrogens with zero attached hydrogens (tertiary/aromatic N) is 2. The van der Waals surface area contributed by atoms with Crippen LogP contribution in [0.3, 0.4) is 0 Å². The van der Waals surface area contributed by atoms with Crippen molar-refractivity contribution < 1.29 is 14.3 Å². The summed E-state index contributed by atoms with van der Waals surface area (Å²) in [4.78, 5) is 16.5. The van der Waals surface area contributed by atoms with E-state index in [1.54, 1.807) is 24.1 Å². The average Bonchev–Trinajstić information content (AvgIpc) is 3.15. The molecule has 3 rings (SSSR count). The summed E-state index contributed by atoms with van der Waals surface area (Å²) in [6.07, 6.45) is 3.84. The fourth-order valence-corrected chi connectivity index (χ4v) is 3.97. The summed E-state index contributed by atoms with van der Waals surface area (Å²) in [5.41, 5.74) is 0.672. The highest BCUT2D eigenvalue weighted by Crippen LogP contribution is 2.30. The van der Waals surface area contributed by atoms with Gasteiger partial charge in [-0.3, -0.25) is 9.69 Å². The first-order valence-corrected chi connectivity index (χ1v) is 8.48. The lowest BCUT2D eigenvalue weighted by atomic mass is 10.1. The number of halogens is 1. The molecular formula is C18H25FN2O2. The Morgan fingerprint density at radius 1 is 1.35 bits per heavy atom. The minimum atomic E-state index is -0.491. The number of likely N-dealkylation sites (tertiary alicyclic amines) is 1. The maximum absolute atomic E-state index is 13.2. The fraction of sp³-hybridized carbons (Fsp3) is 0.611. The Kier molecular flexibility index (Phi) is 4.97. The Morgan fingerprint density at radius 3 is 2.78 bits per heavy atom. The monoisotopic (exact) mass is 320 g/mol. The third-order valence-electron chi connectivity index (χ3n) is 5.29. The van der Waals surface area contributed by atoms with Crippen LogP contribution in [0.25, 0.3) is 0 Å².